The van der Waals surface area contributed by atoms with E-state index in [-0.39, 0.29) is 65.5 Å². The minimum Gasteiger partial charge on any atom is -0.494 e. The molecule has 5 rings (SSSR count). The fourth-order valence-electron chi connectivity index (χ4n) is 5.24. The van der Waals surface area contributed by atoms with Crippen LogP contribution in [0.1, 0.15) is 29.0 Å². The lowest BCUT2D eigenvalue weighted by molar-refractivity contribution is -0.274. The van der Waals surface area contributed by atoms with Crippen molar-refractivity contribution in [2.75, 3.05) is 18.6 Å². The summed E-state index contributed by atoms with van der Waals surface area (Å²) in [5.41, 5.74) is 2.04. The number of ether oxygens (including phenoxy) is 3. The van der Waals surface area contributed by atoms with E-state index in [0.717, 1.165) is 29.5 Å². The van der Waals surface area contributed by atoms with Gasteiger partial charge in [-0.1, -0.05) is 6.07 Å². The number of fused-ring (bicyclic) bond motifs is 3. The summed E-state index contributed by atoms with van der Waals surface area (Å²) in [5, 5.41) is 9.27. The zero-order valence-electron chi connectivity index (χ0n) is 21.7. The number of alkyl halides is 3. The summed E-state index contributed by atoms with van der Waals surface area (Å²) in [7, 11) is -3.20. The van der Waals surface area contributed by atoms with Crippen molar-refractivity contribution in [3.05, 3.63) is 71.2 Å². The van der Waals surface area contributed by atoms with Crippen molar-refractivity contribution < 1.29 is 50.1 Å². The maximum atomic E-state index is 14.7. The Morgan fingerprint density at radius 3 is 2.61 bits per heavy atom. The standard InChI is InChI=1S/C28H25F4NO7S/c1-41(36,37)8-2-7-38-18-4-6-23(40-28(30,31)32)19(12-18)15-3-5-22(29)17(9-15)14-39-24-11-16-10-20-25(21(16)13-33-24)26(20)27(34)35/h3-6,9,11-13,20,25-26H,2,7-8,10,14H2,1H3,(H,34,35)/t20-,25-,26+/m1/s1. The van der Waals surface area contributed by atoms with E-state index in [9.17, 15) is 35.9 Å². The summed E-state index contributed by atoms with van der Waals surface area (Å²) in [5.74, 6) is -2.12. The molecular formula is C28H25F4NO7S. The molecule has 218 valence electrons. The summed E-state index contributed by atoms with van der Waals surface area (Å²) in [6.07, 6.45) is -1.54. The van der Waals surface area contributed by atoms with Gasteiger partial charge < -0.3 is 19.3 Å². The highest BCUT2D eigenvalue weighted by Gasteiger charge is 2.59. The lowest BCUT2D eigenvalue weighted by atomic mass is 10.0. The van der Waals surface area contributed by atoms with Crippen molar-refractivity contribution in [2.24, 2.45) is 11.8 Å². The van der Waals surface area contributed by atoms with Gasteiger partial charge in [-0.2, -0.15) is 0 Å². The smallest absolute Gasteiger partial charge is 0.494 e. The molecule has 0 unspecified atom stereocenters. The molecule has 1 saturated carbocycles. The number of carboxylic acid groups (broad SMARTS) is 1. The maximum absolute atomic E-state index is 14.7. The predicted molar refractivity (Wildman–Crippen MR) is 138 cm³/mol. The lowest BCUT2D eigenvalue weighted by Gasteiger charge is -2.16. The first-order valence-electron chi connectivity index (χ1n) is 12.6. The number of aromatic nitrogens is 1. The quantitative estimate of drug-likeness (QED) is 0.239. The second-order valence-electron chi connectivity index (χ2n) is 10.1. The van der Waals surface area contributed by atoms with Gasteiger partial charge in [-0.05, 0) is 65.8 Å². The van der Waals surface area contributed by atoms with Crippen LogP contribution in [0.4, 0.5) is 17.6 Å². The highest BCUT2D eigenvalue weighted by molar-refractivity contribution is 7.90. The Hall–Kier alpha value is -3.87. The molecule has 2 aliphatic carbocycles. The third-order valence-electron chi connectivity index (χ3n) is 7.10. The third kappa shape index (κ3) is 6.72. The SMILES string of the molecule is CS(=O)(=O)CCCOc1ccc(OC(F)(F)F)c(-c2ccc(F)c(COc3cc4c(cn3)[C@H]3[C@@H](C4)[C@@H]3C(=O)O)c2)c1. The second kappa shape index (κ2) is 10.8. The molecular weight excluding hydrogens is 570 g/mol. The van der Waals surface area contributed by atoms with Crippen LogP contribution >= 0.6 is 0 Å². The lowest BCUT2D eigenvalue weighted by Crippen LogP contribution is -2.17. The van der Waals surface area contributed by atoms with Gasteiger partial charge in [0.2, 0.25) is 5.88 Å². The van der Waals surface area contributed by atoms with E-state index in [2.05, 4.69) is 9.72 Å². The first-order chi connectivity index (χ1) is 19.3. The van der Waals surface area contributed by atoms with Crippen molar-refractivity contribution in [3.8, 4) is 28.5 Å². The van der Waals surface area contributed by atoms with Crippen molar-refractivity contribution in [3.63, 3.8) is 0 Å². The second-order valence-corrected chi connectivity index (χ2v) is 12.4. The van der Waals surface area contributed by atoms with Crippen LogP contribution in [-0.2, 0) is 27.7 Å². The van der Waals surface area contributed by atoms with Gasteiger partial charge in [0.1, 0.15) is 33.8 Å². The molecule has 13 heteroatoms. The van der Waals surface area contributed by atoms with Gasteiger partial charge in [-0.15, -0.1) is 13.2 Å². The average Bonchev–Trinajstić information content (AvgIpc) is 3.48. The number of carbonyl (C=O) groups is 1. The van der Waals surface area contributed by atoms with Gasteiger partial charge in [0.25, 0.3) is 0 Å². The Morgan fingerprint density at radius 1 is 1.12 bits per heavy atom. The van der Waals surface area contributed by atoms with Gasteiger partial charge >= 0.3 is 12.3 Å². The summed E-state index contributed by atoms with van der Waals surface area (Å²) in [6, 6.07) is 9.06. The molecule has 41 heavy (non-hydrogen) atoms. The van der Waals surface area contributed by atoms with Crippen LogP contribution in [0.3, 0.4) is 0 Å². The van der Waals surface area contributed by atoms with E-state index in [1.165, 1.54) is 24.3 Å². The number of hydrogen-bond donors (Lipinski definition) is 1. The van der Waals surface area contributed by atoms with E-state index in [1.54, 1.807) is 12.3 Å². The van der Waals surface area contributed by atoms with E-state index in [0.29, 0.717) is 6.42 Å². The molecule has 3 aromatic rings. The van der Waals surface area contributed by atoms with Crippen LogP contribution in [-0.4, -0.2) is 49.5 Å². The minimum atomic E-state index is -4.98. The average molecular weight is 596 g/mol. The van der Waals surface area contributed by atoms with Crippen molar-refractivity contribution in [2.45, 2.75) is 31.7 Å². The monoisotopic (exact) mass is 595 g/mol. The Morgan fingerprint density at radius 2 is 1.90 bits per heavy atom. The molecule has 1 N–H and O–H groups in total. The summed E-state index contributed by atoms with van der Waals surface area (Å²) < 4.78 is 92.1. The Balaban J connectivity index is 1.33. The summed E-state index contributed by atoms with van der Waals surface area (Å²) >= 11 is 0. The largest absolute Gasteiger partial charge is 0.573 e. The molecule has 1 heterocycles. The van der Waals surface area contributed by atoms with Gasteiger partial charge in [-0.3, -0.25) is 4.79 Å². The topological polar surface area (TPSA) is 112 Å². The molecule has 1 fully saturated rings. The molecule has 0 aliphatic heterocycles. The van der Waals surface area contributed by atoms with E-state index in [1.807, 2.05) is 0 Å². The third-order valence-corrected chi connectivity index (χ3v) is 8.14. The maximum Gasteiger partial charge on any atom is 0.573 e. The van der Waals surface area contributed by atoms with Crippen LogP contribution in [0.5, 0.6) is 17.4 Å². The van der Waals surface area contributed by atoms with Gasteiger partial charge in [0, 0.05) is 35.6 Å². The Labute approximate surface area is 232 Å². The number of aliphatic carboxylic acids is 1. The molecule has 0 spiro atoms. The highest BCUT2D eigenvalue weighted by atomic mass is 32.2. The molecule has 1 aromatic heterocycles. The molecule has 2 aliphatic rings. The van der Waals surface area contributed by atoms with Crippen LogP contribution in [0.15, 0.2) is 48.7 Å². The number of halogens is 4. The summed E-state index contributed by atoms with van der Waals surface area (Å²) in [4.78, 5) is 15.5. The van der Waals surface area contributed by atoms with Gasteiger partial charge in [0.05, 0.1) is 18.3 Å². The van der Waals surface area contributed by atoms with Crippen LogP contribution in [0.25, 0.3) is 11.1 Å². The normalized spacial score (nSPS) is 19.3. The number of benzene rings is 2. The predicted octanol–water partition coefficient (Wildman–Crippen LogP) is 5.15. The van der Waals surface area contributed by atoms with Crippen molar-refractivity contribution >= 4 is 15.8 Å². The zero-order valence-corrected chi connectivity index (χ0v) is 22.5. The van der Waals surface area contributed by atoms with Gasteiger partial charge in [0.15, 0.2) is 0 Å². The van der Waals surface area contributed by atoms with Crippen LogP contribution < -0.4 is 14.2 Å². The van der Waals surface area contributed by atoms with Crippen LogP contribution in [0, 0.1) is 17.7 Å². The summed E-state index contributed by atoms with van der Waals surface area (Å²) in [6.45, 7) is -0.256. The number of nitrogens with zero attached hydrogens (tertiary/aromatic N) is 1. The van der Waals surface area contributed by atoms with Crippen molar-refractivity contribution in [1.82, 2.24) is 4.98 Å². The molecule has 0 radical (unpaired) electrons. The van der Waals surface area contributed by atoms with Crippen molar-refractivity contribution in [1.29, 1.82) is 0 Å². The fourth-order valence-corrected chi connectivity index (χ4v) is 5.88. The molecule has 3 atom stereocenters. The minimum absolute atomic E-state index is 0.0146. The first-order valence-corrected chi connectivity index (χ1v) is 14.7. The number of carboxylic acids is 1. The van der Waals surface area contributed by atoms with E-state index < -0.39 is 39.7 Å². The Kier molecular flexibility index (Phi) is 7.58. The number of rotatable bonds is 11. The van der Waals surface area contributed by atoms with E-state index >= 15 is 0 Å². The number of sulfone groups is 1. The molecule has 0 bridgehead atoms. The fraction of sp³-hybridized carbons (Fsp3) is 0.357. The van der Waals surface area contributed by atoms with E-state index in [4.69, 9.17) is 9.47 Å². The highest BCUT2D eigenvalue weighted by Crippen LogP contribution is 2.61. The molecule has 0 saturated heterocycles. The number of hydrogen-bond acceptors (Lipinski definition) is 7. The van der Waals surface area contributed by atoms with Gasteiger partial charge in [-0.25, -0.2) is 17.8 Å². The Bertz CT molecular complexity index is 1590. The molecule has 2 aromatic carbocycles. The molecule has 0 amide bonds. The first kappa shape index (κ1) is 28.7. The van der Waals surface area contributed by atoms with Crippen LogP contribution in [0.2, 0.25) is 0 Å². The number of pyridine rings is 1. The zero-order chi connectivity index (χ0) is 29.5. The molecule has 8 nitrogen and oxygen atoms in total.